The van der Waals surface area contributed by atoms with Gasteiger partial charge in [0.25, 0.3) is 5.91 Å². The van der Waals surface area contributed by atoms with Gasteiger partial charge in [0.2, 0.25) is 0 Å². The van der Waals surface area contributed by atoms with Gasteiger partial charge in [-0.1, -0.05) is 44.2 Å². The summed E-state index contributed by atoms with van der Waals surface area (Å²) in [5.41, 5.74) is 6.67. The summed E-state index contributed by atoms with van der Waals surface area (Å²) in [6.45, 7) is 12.1. The third kappa shape index (κ3) is 5.98. The van der Waals surface area contributed by atoms with Crippen LogP contribution >= 0.6 is 0 Å². The Hall–Kier alpha value is -4.13. The number of ether oxygens (including phenoxy) is 1. The molecule has 7 heteroatoms. The van der Waals surface area contributed by atoms with Gasteiger partial charge in [-0.3, -0.25) is 4.79 Å². The summed E-state index contributed by atoms with van der Waals surface area (Å²) < 4.78 is 21.7. The first-order valence-corrected chi connectivity index (χ1v) is 13.1. The number of carboxylic acids is 1. The molecule has 1 aromatic heterocycles. The Morgan fingerprint density at radius 1 is 0.974 bits per heavy atom. The van der Waals surface area contributed by atoms with Crippen LogP contribution in [0.25, 0.3) is 10.9 Å². The van der Waals surface area contributed by atoms with Crippen LogP contribution in [0.15, 0.2) is 60.7 Å². The molecule has 4 rings (SSSR count). The van der Waals surface area contributed by atoms with Crippen LogP contribution in [0, 0.1) is 19.7 Å². The van der Waals surface area contributed by atoms with E-state index in [0.717, 1.165) is 33.3 Å². The molecule has 2 atom stereocenters. The minimum absolute atomic E-state index is 0.0970. The predicted octanol–water partition coefficient (Wildman–Crippen LogP) is 6.91. The summed E-state index contributed by atoms with van der Waals surface area (Å²) in [5.74, 6) is -1.61. The summed E-state index contributed by atoms with van der Waals surface area (Å²) in [5, 5.41) is 13.2. The fourth-order valence-corrected chi connectivity index (χ4v) is 4.71. The fourth-order valence-electron chi connectivity index (χ4n) is 4.71. The SMILES string of the molecule is Cc1c(C)n(Cc2ccc(F)c(OC(C)C(=O)O)c2)c2ccc(C(=O)NC(C)c3cccc(C(C)C)c3)cc12. The number of hydrogen-bond donors (Lipinski definition) is 2. The number of nitrogens with zero attached hydrogens (tertiary/aromatic N) is 1. The van der Waals surface area contributed by atoms with Crippen molar-refractivity contribution < 1.29 is 23.8 Å². The van der Waals surface area contributed by atoms with E-state index in [4.69, 9.17) is 9.84 Å². The maximum absolute atomic E-state index is 14.3. The molecule has 2 N–H and O–H groups in total. The van der Waals surface area contributed by atoms with Crippen LogP contribution in [0.1, 0.15) is 78.0 Å². The highest BCUT2D eigenvalue weighted by Gasteiger charge is 2.19. The van der Waals surface area contributed by atoms with Gasteiger partial charge in [-0.2, -0.15) is 0 Å². The lowest BCUT2D eigenvalue weighted by Gasteiger charge is -2.17. The molecule has 0 fully saturated rings. The Bertz CT molecular complexity index is 1540. The molecule has 0 saturated heterocycles. The van der Waals surface area contributed by atoms with E-state index in [2.05, 4.69) is 35.9 Å². The molecule has 39 heavy (non-hydrogen) atoms. The molecule has 4 aromatic rings. The number of rotatable bonds is 9. The first-order chi connectivity index (χ1) is 18.5. The highest BCUT2D eigenvalue weighted by Crippen LogP contribution is 2.29. The van der Waals surface area contributed by atoms with Gasteiger partial charge in [0.15, 0.2) is 17.7 Å². The van der Waals surface area contributed by atoms with Gasteiger partial charge in [-0.05, 0) is 86.2 Å². The second-order valence-corrected chi connectivity index (χ2v) is 10.4. The van der Waals surface area contributed by atoms with Crippen molar-refractivity contribution in [3.05, 3.63) is 100.0 Å². The molecule has 0 bridgehead atoms. The van der Waals surface area contributed by atoms with Crippen molar-refractivity contribution in [2.45, 2.75) is 66.2 Å². The molecule has 0 radical (unpaired) electrons. The van der Waals surface area contributed by atoms with Crippen molar-refractivity contribution in [1.29, 1.82) is 0 Å². The lowest BCUT2D eigenvalue weighted by atomic mass is 9.98. The number of aliphatic carboxylic acids is 1. The molecule has 204 valence electrons. The van der Waals surface area contributed by atoms with Crippen LogP contribution in [0.3, 0.4) is 0 Å². The van der Waals surface area contributed by atoms with E-state index in [-0.39, 0.29) is 17.7 Å². The summed E-state index contributed by atoms with van der Waals surface area (Å²) in [6.07, 6.45) is -1.17. The first kappa shape index (κ1) is 27.9. The van der Waals surface area contributed by atoms with Gasteiger partial charge >= 0.3 is 5.97 Å². The summed E-state index contributed by atoms with van der Waals surface area (Å²) in [4.78, 5) is 24.3. The second-order valence-electron chi connectivity index (χ2n) is 10.4. The molecular weight excluding hydrogens is 495 g/mol. The Morgan fingerprint density at radius 2 is 1.69 bits per heavy atom. The third-order valence-corrected chi connectivity index (χ3v) is 7.31. The number of hydrogen-bond acceptors (Lipinski definition) is 3. The number of aromatic nitrogens is 1. The van der Waals surface area contributed by atoms with Crippen molar-refractivity contribution in [3.63, 3.8) is 0 Å². The number of carbonyl (C=O) groups excluding carboxylic acids is 1. The molecule has 1 amide bonds. The maximum atomic E-state index is 14.3. The van der Waals surface area contributed by atoms with Gasteiger partial charge in [-0.25, -0.2) is 9.18 Å². The highest BCUT2D eigenvalue weighted by atomic mass is 19.1. The maximum Gasteiger partial charge on any atom is 0.344 e. The minimum Gasteiger partial charge on any atom is -0.479 e. The van der Waals surface area contributed by atoms with Crippen molar-refractivity contribution in [2.75, 3.05) is 0 Å². The molecule has 6 nitrogen and oxygen atoms in total. The van der Waals surface area contributed by atoms with Gasteiger partial charge < -0.3 is 19.7 Å². The zero-order valence-electron chi connectivity index (χ0n) is 23.2. The molecule has 0 aliphatic rings. The Kier molecular flexibility index (Phi) is 8.09. The van der Waals surface area contributed by atoms with Crippen molar-refractivity contribution >= 4 is 22.8 Å². The largest absolute Gasteiger partial charge is 0.479 e. The lowest BCUT2D eigenvalue weighted by molar-refractivity contribution is -0.144. The summed E-state index contributed by atoms with van der Waals surface area (Å²) in [7, 11) is 0. The number of aryl methyl sites for hydroxylation is 1. The number of fused-ring (bicyclic) bond motifs is 1. The van der Waals surface area contributed by atoms with E-state index < -0.39 is 17.9 Å². The van der Waals surface area contributed by atoms with Crippen LogP contribution in [0.2, 0.25) is 0 Å². The molecule has 3 aromatic carbocycles. The third-order valence-electron chi connectivity index (χ3n) is 7.31. The molecule has 0 aliphatic carbocycles. The highest BCUT2D eigenvalue weighted by molar-refractivity contribution is 5.99. The average molecular weight is 531 g/mol. The number of amides is 1. The van der Waals surface area contributed by atoms with Crippen LogP contribution in [0.4, 0.5) is 4.39 Å². The van der Waals surface area contributed by atoms with Crippen LogP contribution in [-0.2, 0) is 11.3 Å². The Labute approximate surface area is 228 Å². The smallest absolute Gasteiger partial charge is 0.344 e. The van der Waals surface area contributed by atoms with Gasteiger partial charge in [0, 0.05) is 28.7 Å². The van der Waals surface area contributed by atoms with Gasteiger partial charge in [0.1, 0.15) is 0 Å². The predicted molar refractivity (Wildman–Crippen MR) is 151 cm³/mol. The van der Waals surface area contributed by atoms with E-state index in [0.29, 0.717) is 18.0 Å². The lowest BCUT2D eigenvalue weighted by Crippen LogP contribution is -2.26. The van der Waals surface area contributed by atoms with E-state index in [1.807, 2.05) is 51.1 Å². The molecule has 0 spiro atoms. The monoisotopic (exact) mass is 530 g/mol. The standard InChI is InChI=1S/C32H35FN2O4/c1-18(2)24-8-7-9-25(15-24)20(4)34-31(36)26-11-13-29-27(16-26)19(3)21(5)35(29)17-23-10-12-28(33)30(14-23)39-22(6)32(37)38/h7-16,18,20,22H,17H2,1-6H3,(H,34,36)(H,37,38). The minimum atomic E-state index is -1.17. The quantitative estimate of drug-likeness (QED) is 0.246. The molecule has 1 heterocycles. The average Bonchev–Trinajstić information content (AvgIpc) is 3.14. The molecule has 0 aliphatic heterocycles. The van der Waals surface area contributed by atoms with Crippen molar-refractivity contribution in [3.8, 4) is 5.75 Å². The van der Waals surface area contributed by atoms with Crippen LogP contribution in [0.5, 0.6) is 5.75 Å². The molecule has 0 saturated carbocycles. The Balaban J connectivity index is 1.58. The van der Waals surface area contributed by atoms with Crippen LogP contribution in [-0.4, -0.2) is 27.7 Å². The zero-order valence-corrected chi connectivity index (χ0v) is 23.2. The Morgan fingerprint density at radius 3 is 2.38 bits per heavy atom. The summed E-state index contributed by atoms with van der Waals surface area (Å²) >= 11 is 0. The number of halogens is 1. The van der Waals surface area contributed by atoms with E-state index >= 15 is 0 Å². The number of nitrogens with one attached hydrogen (secondary N) is 1. The topological polar surface area (TPSA) is 80.6 Å². The normalized spacial score (nSPS) is 12.9. The molecular formula is C32H35FN2O4. The summed E-state index contributed by atoms with van der Waals surface area (Å²) in [6, 6.07) is 18.3. The van der Waals surface area contributed by atoms with E-state index in [1.165, 1.54) is 24.6 Å². The van der Waals surface area contributed by atoms with Crippen molar-refractivity contribution in [1.82, 2.24) is 9.88 Å². The van der Waals surface area contributed by atoms with Crippen LogP contribution < -0.4 is 10.1 Å². The number of carbonyl (C=O) groups is 2. The number of carboxylic acid groups (broad SMARTS) is 1. The second kappa shape index (κ2) is 11.3. The molecule has 2 unspecified atom stereocenters. The zero-order chi connectivity index (χ0) is 28.4. The van der Waals surface area contributed by atoms with E-state index in [9.17, 15) is 14.0 Å². The number of benzene rings is 3. The van der Waals surface area contributed by atoms with E-state index in [1.54, 1.807) is 6.07 Å². The van der Waals surface area contributed by atoms with Gasteiger partial charge in [-0.15, -0.1) is 0 Å². The van der Waals surface area contributed by atoms with Crippen molar-refractivity contribution in [2.24, 2.45) is 0 Å². The first-order valence-electron chi connectivity index (χ1n) is 13.1. The fraction of sp³-hybridized carbons (Fsp3) is 0.312. The van der Waals surface area contributed by atoms with Gasteiger partial charge in [0.05, 0.1) is 6.04 Å².